The van der Waals surface area contributed by atoms with Gasteiger partial charge in [-0.15, -0.1) is 0 Å². The molecule has 2 aliphatic rings. The zero-order chi connectivity index (χ0) is 23.1. The Hall–Kier alpha value is -3.65. The lowest BCUT2D eigenvalue weighted by Gasteiger charge is -2.35. The summed E-state index contributed by atoms with van der Waals surface area (Å²) in [6, 6.07) is 10.6. The Morgan fingerprint density at radius 3 is 2.62 bits per heavy atom. The fraction of sp³-hybridized carbons (Fsp3) is 0.346. The second kappa shape index (κ2) is 8.61. The zero-order valence-electron chi connectivity index (χ0n) is 19.3. The van der Waals surface area contributed by atoms with Crippen LogP contribution in [0.5, 0.6) is 0 Å². The first-order valence-electron chi connectivity index (χ1n) is 11.9. The molecule has 1 saturated carbocycles. The van der Waals surface area contributed by atoms with E-state index in [1.807, 2.05) is 43.7 Å². The van der Waals surface area contributed by atoms with E-state index in [0.29, 0.717) is 11.4 Å². The molecular formula is C26H27N7O. The van der Waals surface area contributed by atoms with Crippen LogP contribution in [-0.2, 0) is 13.5 Å². The van der Waals surface area contributed by atoms with Crippen molar-refractivity contribution in [2.24, 2.45) is 7.05 Å². The minimum atomic E-state index is 0.00281. The van der Waals surface area contributed by atoms with Crippen molar-refractivity contribution in [1.29, 1.82) is 0 Å². The van der Waals surface area contributed by atoms with Crippen molar-refractivity contribution >= 4 is 22.5 Å². The number of nitrogens with zero attached hydrogens (tertiary/aromatic N) is 7. The lowest BCUT2D eigenvalue weighted by Crippen LogP contribution is -2.47. The standard InChI is InChI=1S/C26H27N7O/c1-31-17-21(16-29-31)18-2-3-20-15-28-25(30-23(20)12-18)14-24(34)19-6-7-27-26(13-19)33-10-8-32(9-11-33)22-4-5-22/h2-3,6-7,12-13,15-17,22H,4-5,8-11,14H2,1H3. The van der Waals surface area contributed by atoms with Crippen molar-refractivity contribution < 1.29 is 4.79 Å². The molecule has 172 valence electrons. The number of Topliss-reactive ketones (excluding diaryl/α,β-unsaturated/α-hetero) is 1. The van der Waals surface area contributed by atoms with Gasteiger partial charge in [-0.3, -0.25) is 14.4 Å². The van der Waals surface area contributed by atoms with Gasteiger partial charge < -0.3 is 4.90 Å². The van der Waals surface area contributed by atoms with Gasteiger partial charge in [-0.2, -0.15) is 5.10 Å². The number of benzene rings is 1. The number of fused-ring (bicyclic) bond motifs is 1. The van der Waals surface area contributed by atoms with Crippen LogP contribution in [0.25, 0.3) is 22.0 Å². The van der Waals surface area contributed by atoms with Crippen molar-refractivity contribution in [2.75, 3.05) is 31.1 Å². The number of anilines is 1. The summed E-state index contributed by atoms with van der Waals surface area (Å²) in [7, 11) is 1.90. The molecule has 1 saturated heterocycles. The molecule has 2 fully saturated rings. The number of hydrogen-bond acceptors (Lipinski definition) is 7. The largest absolute Gasteiger partial charge is 0.354 e. The number of carbonyl (C=O) groups is 1. The summed E-state index contributed by atoms with van der Waals surface area (Å²) in [4.78, 5) is 31.6. The molecule has 4 heterocycles. The number of rotatable bonds is 6. The van der Waals surface area contributed by atoms with Gasteiger partial charge in [0.2, 0.25) is 0 Å². The first-order valence-corrected chi connectivity index (χ1v) is 11.9. The molecule has 34 heavy (non-hydrogen) atoms. The predicted octanol–water partition coefficient (Wildman–Crippen LogP) is 3.14. The molecule has 4 aromatic rings. The molecule has 0 spiro atoms. The van der Waals surface area contributed by atoms with Gasteiger partial charge in [-0.05, 0) is 36.6 Å². The Labute approximate surface area is 198 Å². The van der Waals surface area contributed by atoms with E-state index in [0.717, 1.165) is 60.1 Å². The summed E-state index contributed by atoms with van der Waals surface area (Å²) in [6.07, 6.45) is 10.2. The normalized spacial score (nSPS) is 16.8. The van der Waals surface area contributed by atoms with Crippen LogP contribution < -0.4 is 4.90 Å². The Balaban J connectivity index is 1.18. The third-order valence-electron chi connectivity index (χ3n) is 6.76. The Bertz CT molecular complexity index is 1350. The van der Waals surface area contributed by atoms with Gasteiger partial charge in [0.1, 0.15) is 11.6 Å². The number of piperazine rings is 1. The molecule has 8 heteroatoms. The van der Waals surface area contributed by atoms with E-state index in [1.54, 1.807) is 23.1 Å². The van der Waals surface area contributed by atoms with E-state index < -0.39 is 0 Å². The molecular weight excluding hydrogens is 426 g/mol. The molecule has 0 atom stereocenters. The van der Waals surface area contributed by atoms with Gasteiger partial charge in [0.05, 0.1) is 18.1 Å². The number of ketones is 1. The predicted molar refractivity (Wildman–Crippen MR) is 131 cm³/mol. The molecule has 0 bridgehead atoms. The minimum Gasteiger partial charge on any atom is -0.354 e. The van der Waals surface area contributed by atoms with E-state index in [4.69, 9.17) is 0 Å². The average Bonchev–Trinajstić information content (AvgIpc) is 3.64. The van der Waals surface area contributed by atoms with Gasteiger partial charge in [-0.1, -0.05) is 12.1 Å². The quantitative estimate of drug-likeness (QED) is 0.415. The monoisotopic (exact) mass is 453 g/mol. The van der Waals surface area contributed by atoms with Crippen LogP contribution in [0.2, 0.25) is 0 Å². The maximum absolute atomic E-state index is 13.1. The molecule has 3 aromatic heterocycles. The summed E-state index contributed by atoms with van der Waals surface area (Å²) in [5, 5.41) is 5.19. The van der Waals surface area contributed by atoms with Crippen LogP contribution in [-0.4, -0.2) is 67.6 Å². The van der Waals surface area contributed by atoms with Gasteiger partial charge in [0, 0.05) is 74.4 Å². The molecule has 1 aliphatic heterocycles. The van der Waals surface area contributed by atoms with Gasteiger partial charge >= 0.3 is 0 Å². The lowest BCUT2D eigenvalue weighted by molar-refractivity contribution is 0.0991. The van der Waals surface area contributed by atoms with Crippen LogP contribution >= 0.6 is 0 Å². The fourth-order valence-electron chi connectivity index (χ4n) is 4.66. The highest BCUT2D eigenvalue weighted by molar-refractivity contribution is 5.98. The number of aryl methyl sites for hydroxylation is 1. The summed E-state index contributed by atoms with van der Waals surface area (Å²) in [6.45, 7) is 4.04. The number of pyridine rings is 1. The Kier molecular flexibility index (Phi) is 5.30. The highest BCUT2D eigenvalue weighted by Crippen LogP contribution is 2.28. The minimum absolute atomic E-state index is 0.00281. The van der Waals surface area contributed by atoms with Gasteiger partial charge in [0.25, 0.3) is 0 Å². The van der Waals surface area contributed by atoms with Crippen LogP contribution in [0, 0.1) is 0 Å². The molecule has 8 nitrogen and oxygen atoms in total. The smallest absolute Gasteiger partial charge is 0.170 e. The molecule has 0 N–H and O–H groups in total. The second-order valence-corrected chi connectivity index (χ2v) is 9.22. The first kappa shape index (κ1) is 20.9. The summed E-state index contributed by atoms with van der Waals surface area (Å²) >= 11 is 0. The average molecular weight is 454 g/mol. The fourth-order valence-corrected chi connectivity index (χ4v) is 4.66. The van der Waals surface area contributed by atoms with Crippen LogP contribution in [0.1, 0.15) is 29.0 Å². The molecule has 6 rings (SSSR count). The maximum Gasteiger partial charge on any atom is 0.170 e. The lowest BCUT2D eigenvalue weighted by atomic mass is 10.1. The molecule has 1 aromatic carbocycles. The second-order valence-electron chi connectivity index (χ2n) is 9.22. The van der Waals surface area contributed by atoms with E-state index in [9.17, 15) is 4.79 Å². The molecule has 0 unspecified atom stereocenters. The van der Waals surface area contributed by atoms with Crippen LogP contribution in [0.4, 0.5) is 5.82 Å². The summed E-state index contributed by atoms with van der Waals surface area (Å²) in [5.41, 5.74) is 3.55. The van der Waals surface area contributed by atoms with Crippen molar-refractivity contribution in [3.63, 3.8) is 0 Å². The van der Waals surface area contributed by atoms with Gasteiger partial charge in [0.15, 0.2) is 5.78 Å². The summed E-state index contributed by atoms with van der Waals surface area (Å²) in [5.74, 6) is 1.40. The molecule has 0 radical (unpaired) electrons. The van der Waals surface area contributed by atoms with Crippen molar-refractivity contribution in [3.05, 3.63) is 66.5 Å². The Morgan fingerprint density at radius 2 is 1.85 bits per heavy atom. The molecule has 1 aliphatic carbocycles. The van der Waals surface area contributed by atoms with Crippen molar-refractivity contribution in [2.45, 2.75) is 25.3 Å². The topological polar surface area (TPSA) is 80.0 Å². The SMILES string of the molecule is Cn1cc(-c2ccc3cnc(CC(=O)c4ccnc(N5CCN(C6CC6)CC5)c4)nc3c2)cn1. The highest BCUT2D eigenvalue weighted by atomic mass is 16.1. The van der Waals surface area contributed by atoms with Crippen molar-refractivity contribution in [1.82, 2.24) is 29.6 Å². The Morgan fingerprint density at radius 1 is 1.00 bits per heavy atom. The van der Waals surface area contributed by atoms with E-state index in [1.165, 1.54) is 12.8 Å². The third kappa shape index (κ3) is 4.28. The van der Waals surface area contributed by atoms with Crippen molar-refractivity contribution in [3.8, 4) is 11.1 Å². The highest BCUT2D eigenvalue weighted by Gasteiger charge is 2.31. The molecule has 0 amide bonds. The zero-order valence-corrected chi connectivity index (χ0v) is 19.3. The van der Waals surface area contributed by atoms with E-state index in [2.05, 4.69) is 29.9 Å². The summed E-state index contributed by atoms with van der Waals surface area (Å²) < 4.78 is 1.78. The van der Waals surface area contributed by atoms with Gasteiger partial charge in [-0.25, -0.2) is 15.0 Å². The van der Waals surface area contributed by atoms with Crippen LogP contribution in [0.15, 0.2) is 55.1 Å². The van der Waals surface area contributed by atoms with E-state index in [-0.39, 0.29) is 12.2 Å². The maximum atomic E-state index is 13.1. The number of aromatic nitrogens is 5. The number of carbonyl (C=O) groups excluding carboxylic acids is 1. The van der Waals surface area contributed by atoms with E-state index >= 15 is 0 Å². The number of hydrogen-bond donors (Lipinski definition) is 0. The van der Waals surface area contributed by atoms with Crippen LogP contribution in [0.3, 0.4) is 0 Å². The first-order chi connectivity index (χ1) is 16.6. The third-order valence-corrected chi connectivity index (χ3v) is 6.76.